The lowest BCUT2D eigenvalue weighted by Gasteiger charge is -2.27. The van der Waals surface area contributed by atoms with Gasteiger partial charge in [0.05, 0.1) is 6.20 Å². The Kier molecular flexibility index (Phi) is 3.39. The summed E-state index contributed by atoms with van der Waals surface area (Å²) in [6.45, 7) is 2.15. The van der Waals surface area contributed by atoms with Crippen LogP contribution in [0, 0.1) is 5.92 Å². The van der Waals surface area contributed by atoms with Gasteiger partial charge in [-0.1, -0.05) is 19.8 Å². The predicted octanol–water partition coefficient (Wildman–Crippen LogP) is 0.849. The van der Waals surface area contributed by atoms with E-state index in [1.165, 1.54) is 12.6 Å². The van der Waals surface area contributed by atoms with Gasteiger partial charge in [0.2, 0.25) is 10.0 Å². The minimum atomic E-state index is -3.54. The van der Waals surface area contributed by atoms with Crippen molar-refractivity contribution in [2.75, 3.05) is 5.73 Å². The van der Waals surface area contributed by atoms with Gasteiger partial charge in [-0.25, -0.2) is 13.1 Å². The number of anilines is 1. The van der Waals surface area contributed by atoms with Gasteiger partial charge >= 0.3 is 0 Å². The molecule has 1 aromatic rings. The number of hydrogen-bond donors (Lipinski definition) is 3. The quantitative estimate of drug-likeness (QED) is 0.748. The molecule has 0 spiro atoms. The van der Waals surface area contributed by atoms with E-state index < -0.39 is 10.0 Å². The number of aromatic amines is 1. The number of nitrogens with zero attached hydrogens (tertiary/aromatic N) is 1. The average Bonchev–Trinajstić information content (AvgIpc) is 2.64. The fraction of sp³-hybridized carbons (Fsp3) is 0.700. The van der Waals surface area contributed by atoms with Crippen molar-refractivity contribution in [3.63, 3.8) is 0 Å². The molecule has 7 heteroatoms. The van der Waals surface area contributed by atoms with Crippen LogP contribution in [-0.2, 0) is 10.0 Å². The fourth-order valence-electron chi connectivity index (χ4n) is 2.32. The minimum Gasteiger partial charge on any atom is -0.383 e. The van der Waals surface area contributed by atoms with Gasteiger partial charge in [0.1, 0.15) is 10.7 Å². The van der Waals surface area contributed by atoms with Crippen molar-refractivity contribution in [2.24, 2.45) is 5.92 Å². The van der Waals surface area contributed by atoms with E-state index in [0.717, 1.165) is 19.3 Å². The Morgan fingerprint density at radius 1 is 1.53 bits per heavy atom. The van der Waals surface area contributed by atoms with Gasteiger partial charge < -0.3 is 5.73 Å². The van der Waals surface area contributed by atoms with Crippen molar-refractivity contribution in [3.8, 4) is 0 Å². The molecule has 0 radical (unpaired) electrons. The van der Waals surface area contributed by atoms with Crippen LogP contribution in [0.1, 0.15) is 32.6 Å². The Bertz CT molecular complexity index is 482. The maximum Gasteiger partial charge on any atom is 0.246 e. The molecule has 1 aliphatic rings. The molecular weight excluding hydrogens is 240 g/mol. The maximum atomic E-state index is 12.0. The molecule has 4 N–H and O–H groups in total. The van der Waals surface area contributed by atoms with Gasteiger partial charge in [-0.05, 0) is 18.8 Å². The summed E-state index contributed by atoms with van der Waals surface area (Å²) in [5.41, 5.74) is 5.52. The molecule has 0 bridgehead atoms. The van der Waals surface area contributed by atoms with Crippen LogP contribution in [0.25, 0.3) is 0 Å². The van der Waals surface area contributed by atoms with Crippen molar-refractivity contribution < 1.29 is 8.42 Å². The van der Waals surface area contributed by atoms with E-state index in [1.54, 1.807) is 0 Å². The van der Waals surface area contributed by atoms with E-state index in [2.05, 4.69) is 21.8 Å². The van der Waals surface area contributed by atoms with E-state index in [9.17, 15) is 8.42 Å². The smallest absolute Gasteiger partial charge is 0.246 e. The first-order valence-electron chi connectivity index (χ1n) is 5.80. The highest BCUT2D eigenvalue weighted by molar-refractivity contribution is 7.89. The number of H-pyrrole nitrogens is 1. The lowest BCUT2D eigenvalue weighted by atomic mass is 9.88. The first-order valence-corrected chi connectivity index (χ1v) is 7.28. The molecule has 96 valence electrons. The Morgan fingerprint density at radius 3 is 2.88 bits per heavy atom. The zero-order chi connectivity index (χ0) is 12.5. The molecule has 2 unspecified atom stereocenters. The van der Waals surface area contributed by atoms with Crippen LogP contribution in [0.5, 0.6) is 0 Å². The Hall–Kier alpha value is -1.08. The molecule has 1 fully saturated rings. The number of hydrogen-bond acceptors (Lipinski definition) is 4. The largest absolute Gasteiger partial charge is 0.383 e. The molecule has 1 aliphatic carbocycles. The number of nitrogen functional groups attached to an aromatic ring is 1. The van der Waals surface area contributed by atoms with E-state index in [4.69, 9.17) is 5.73 Å². The Morgan fingerprint density at radius 2 is 2.29 bits per heavy atom. The molecule has 6 nitrogen and oxygen atoms in total. The lowest BCUT2D eigenvalue weighted by Crippen LogP contribution is -2.38. The highest BCUT2D eigenvalue weighted by Crippen LogP contribution is 2.25. The first kappa shape index (κ1) is 12.4. The SMILES string of the molecule is CC1CCCC(NS(=O)(=O)c2cn[nH]c2N)C1. The van der Waals surface area contributed by atoms with Crippen molar-refractivity contribution in [2.45, 2.75) is 43.5 Å². The normalized spacial score (nSPS) is 25.9. The molecule has 0 saturated heterocycles. The van der Waals surface area contributed by atoms with E-state index in [0.29, 0.717) is 5.92 Å². The molecule has 2 atom stereocenters. The van der Waals surface area contributed by atoms with Crippen LogP contribution in [-0.4, -0.2) is 24.7 Å². The van der Waals surface area contributed by atoms with Crippen LogP contribution < -0.4 is 10.5 Å². The second-order valence-electron chi connectivity index (χ2n) is 4.74. The molecular formula is C10H18N4O2S. The monoisotopic (exact) mass is 258 g/mol. The highest BCUT2D eigenvalue weighted by atomic mass is 32.2. The molecule has 1 aromatic heterocycles. The third-order valence-electron chi connectivity index (χ3n) is 3.18. The van der Waals surface area contributed by atoms with Crippen molar-refractivity contribution in [1.82, 2.24) is 14.9 Å². The Labute approximate surface area is 101 Å². The maximum absolute atomic E-state index is 12.0. The number of sulfonamides is 1. The summed E-state index contributed by atoms with van der Waals surface area (Å²) >= 11 is 0. The van der Waals surface area contributed by atoms with Crippen LogP contribution >= 0.6 is 0 Å². The van der Waals surface area contributed by atoms with Crippen LogP contribution in [0.4, 0.5) is 5.82 Å². The summed E-state index contributed by atoms with van der Waals surface area (Å²) in [5.74, 6) is 0.652. The molecule has 0 aromatic carbocycles. The third kappa shape index (κ3) is 2.78. The minimum absolute atomic E-state index is 0.0121. The number of aromatic nitrogens is 2. The number of rotatable bonds is 3. The molecule has 0 aliphatic heterocycles. The zero-order valence-electron chi connectivity index (χ0n) is 9.81. The van der Waals surface area contributed by atoms with Gasteiger partial charge in [0.15, 0.2) is 0 Å². The number of nitrogens with one attached hydrogen (secondary N) is 2. The van der Waals surface area contributed by atoms with Crippen molar-refractivity contribution in [3.05, 3.63) is 6.20 Å². The number of nitrogens with two attached hydrogens (primary N) is 1. The summed E-state index contributed by atoms with van der Waals surface area (Å²) in [6, 6.07) is 0.0121. The topological polar surface area (TPSA) is 101 Å². The van der Waals surface area contributed by atoms with Gasteiger partial charge in [0, 0.05) is 6.04 Å². The van der Waals surface area contributed by atoms with Crippen molar-refractivity contribution in [1.29, 1.82) is 0 Å². The summed E-state index contributed by atoms with van der Waals surface area (Å²) in [7, 11) is -3.54. The van der Waals surface area contributed by atoms with Gasteiger partial charge in [-0.2, -0.15) is 5.10 Å². The van der Waals surface area contributed by atoms with E-state index in [1.807, 2.05) is 0 Å². The second kappa shape index (κ2) is 4.66. The summed E-state index contributed by atoms with van der Waals surface area (Å²) in [4.78, 5) is 0.0377. The van der Waals surface area contributed by atoms with Gasteiger partial charge in [0.25, 0.3) is 0 Å². The standard InChI is InChI=1S/C10H18N4O2S/c1-7-3-2-4-8(5-7)14-17(15,16)9-6-12-13-10(9)11/h6-8,14H,2-5H2,1H3,(H3,11,12,13). The third-order valence-corrected chi connectivity index (χ3v) is 4.73. The predicted molar refractivity (Wildman–Crippen MR) is 64.7 cm³/mol. The van der Waals surface area contributed by atoms with Crippen LogP contribution in [0.15, 0.2) is 11.1 Å². The summed E-state index contributed by atoms with van der Waals surface area (Å²) in [6.07, 6.45) is 5.25. The van der Waals surface area contributed by atoms with Crippen molar-refractivity contribution >= 4 is 15.8 Å². The van der Waals surface area contributed by atoms with E-state index >= 15 is 0 Å². The molecule has 1 heterocycles. The molecule has 2 rings (SSSR count). The van der Waals surface area contributed by atoms with E-state index in [-0.39, 0.29) is 16.8 Å². The highest BCUT2D eigenvalue weighted by Gasteiger charge is 2.26. The van der Waals surface area contributed by atoms with Gasteiger partial charge in [-0.3, -0.25) is 5.10 Å². The van der Waals surface area contributed by atoms with Crippen LogP contribution in [0.3, 0.4) is 0 Å². The first-order chi connectivity index (χ1) is 7.99. The average molecular weight is 258 g/mol. The fourth-order valence-corrected chi connectivity index (χ4v) is 3.63. The van der Waals surface area contributed by atoms with Crippen LogP contribution in [0.2, 0.25) is 0 Å². The zero-order valence-corrected chi connectivity index (χ0v) is 10.6. The Balaban J connectivity index is 2.10. The summed E-state index contributed by atoms with van der Waals surface area (Å²) in [5, 5.41) is 6.06. The second-order valence-corrected chi connectivity index (χ2v) is 6.42. The molecule has 17 heavy (non-hydrogen) atoms. The van der Waals surface area contributed by atoms with Gasteiger partial charge in [-0.15, -0.1) is 0 Å². The summed E-state index contributed by atoms with van der Waals surface area (Å²) < 4.78 is 26.8. The lowest BCUT2D eigenvalue weighted by molar-refractivity contribution is 0.327. The molecule has 0 amide bonds. The molecule has 1 saturated carbocycles.